The SMILES string of the molecule is CCOC(=O)C1=C(C2CCN(c3cc(C(=O)OC)ncn3)CC2)NC(c2nccs2)=NC1c1ccc(F)c(F)c1Cl. The van der Waals surface area contributed by atoms with Gasteiger partial charge in [-0.1, -0.05) is 17.7 Å². The summed E-state index contributed by atoms with van der Waals surface area (Å²) in [5.41, 5.74) is 1.02. The van der Waals surface area contributed by atoms with Crippen molar-refractivity contribution in [2.24, 2.45) is 10.9 Å². The number of carbonyl (C=O) groups excluding carboxylic acids is 2. The van der Waals surface area contributed by atoms with Crippen molar-refractivity contribution >= 4 is 46.5 Å². The fourth-order valence-corrected chi connectivity index (χ4v) is 5.72. The Labute approximate surface area is 243 Å². The number of anilines is 1. The van der Waals surface area contributed by atoms with E-state index in [1.165, 1.54) is 30.8 Å². The molecule has 5 rings (SSSR count). The van der Waals surface area contributed by atoms with Gasteiger partial charge in [0.15, 0.2) is 28.2 Å². The maximum Gasteiger partial charge on any atom is 0.356 e. The quantitative estimate of drug-likeness (QED) is 0.308. The molecule has 1 unspecified atom stereocenters. The number of nitrogens with one attached hydrogen (secondary N) is 1. The Morgan fingerprint density at radius 2 is 1.95 bits per heavy atom. The Balaban J connectivity index is 1.53. The predicted octanol–water partition coefficient (Wildman–Crippen LogP) is 4.48. The smallest absolute Gasteiger partial charge is 0.356 e. The molecular formula is C27H25ClF2N6O4S. The second kappa shape index (κ2) is 12.3. The zero-order valence-electron chi connectivity index (χ0n) is 22.1. The Morgan fingerprint density at radius 3 is 2.63 bits per heavy atom. The van der Waals surface area contributed by atoms with E-state index >= 15 is 0 Å². The summed E-state index contributed by atoms with van der Waals surface area (Å²) in [6.07, 6.45) is 4.11. The van der Waals surface area contributed by atoms with Crippen molar-refractivity contribution in [3.63, 3.8) is 0 Å². The number of aliphatic imine (C=N–C) groups is 1. The van der Waals surface area contributed by atoms with Crippen LogP contribution in [0.3, 0.4) is 0 Å². The van der Waals surface area contributed by atoms with Gasteiger partial charge in [-0.3, -0.25) is 4.99 Å². The van der Waals surface area contributed by atoms with Crippen LogP contribution < -0.4 is 10.2 Å². The van der Waals surface area contributed by atoms with Gasteiger partial charge in [-0.2, -0.15) is 0 Å². The highest BCUT2D eigenvalue weighted by Crippen LogP contribution is 2.41. The molecule has 4 heterocycles. The normalized spacial score (nSPS) is 17.6. The Bertz CT molecular complexity index is 1530. The van der Waals surface area contributed by atoms with Gasteiger partial charge in [-0.25, -0.2) is 33.3 Å². The fourth-order valence-electron chi connectivity index (χ4n) is 4.88. The molecule has 0 radical (unpaired) electrons. The summed E-state index contributed by atoms with van der Waals surface area (Å²) in [6, 6.07) is 2.80. The molecule has 2 aliphatic heterocycles. The summed E-state index contributed by atoms with van der Waals surface area (Å²) < 4.78 is 38.7. The van der Waals surface area contributed by atoms with Crippen LogP contribution in [0.1, 0.15) is 46.9 Å². The van der Waals surface area contributed by atoms with Gasteiger partial charge in [0.05, 0.1) is 24.3 Å². The minimum atomic E-state index is -1.22. The molecule has 1 N–H and O–H groups in total. The van der Waals surface area contributed by atoms with Crippen LogP contribution in [0, 0.1) is 17.6 Å². The number of nitrogens with zero attached hydrogens (tertiary/aromatic N) is 5. The molecular weight excluding hydrogens is 578 g/mol. The number of hydrogen-bond acceptors (Lipinski definition) is 11. The first kappa shape index (κ1) is 28.6. The Morgan fingerprint density at radius 1 is 1.17 bits per heavy atom. The summed E-state index contributed by atoms with van der Waals surface area (Å²) in [5, 5.41) is 5.19. The molecule has 3 aromatic rings. The van der Waals surface area contributed by atoms with Crippen LogP contribution in [0.2, 0.25) is 5.02 Å². The van der Waals surface area contributed by atoms with E-state index in [-0.39, 0.29) is 29.4 Å². The first-order valence-corrected chi connectivity index (χ1v) is 14.0. The molecule has 2 aliphatic rings. The van der Waals surface area contributed by atoms with Crippen molar-refractivity contribution in [3.8, 4) is 0 Å². The Kier molecular flexibility index (Phi) is 8.54. The molecule has 214 valence electrons. The minimum absolute atomic E-state index is 0.103. The van der Waals surface area contributed by atoms with Gasteiger partial charge in [0, 0.05) is 47.9 Å². The Hall–Kier alpha value is -3.97. The summed E-state index contributed by atoms with van der Waals surface area (Å²) in [6.45, 7) is 2.88. The van der Waals surface area contributed by atoms with E-state index in [1.807, 2.05) is 4.90 Å². The van der Waals surface area contributed by atoms with E-state index in [0.717, 1.165) is 6.07 Å². The van der Waals surface area contributed by atoms with E-state index in [2.05, 4.69) is 20.3 Å². The van der Waals surface area contributed by atoms with Crippen molar-refractivity contribution in [2.75, 3.05) is 31.7 Å². The maximum atomic E-state index is 14.6. The van der Waals surface area contributed by atoms with Crippen molar-refractivity contribution in [2.45, 2.75) is 25.8 Å². The summed E-state index contributed by atoms with van der Waals surface area (Å²) in [7, 11) is 1.28. The average molecular weight is 603 g/mol. The molecule has 0 saturated carbocycles. The van der Waals surface area contributed by atoms with Crippen molar-refractivity contribution < 1.29 is 27.8 Å². The van der Waals surface area contributed by atoms with Gasteiger partial charge in [-0.05, 0) is 25.8 Å². The second-order valence-corrected chi connectivity index (χ2v) is 10.4. The lowest BCUT2D eigenvalue weighted by atomic mass is 9.85. The monoisotopic (exact) mass is 602 g/mol. The first-order valence-electron chi connectivity index (χ1n) is 12.8. The van der Waals surface area contributed by atoms with Crippen LogP contribution in [0.4, 0.5) is 14.6 Å². The van der Waals surface area contributed by atoms with E-state index in [9.17, 15) is 18.4 Å². The number of thiazole rings is 1. The molecule has 2 aromatic heterocycles. The number of carbonyl (C=O) groups is 2. The van der Waals surface area contributed by atoms with E-state index in [0.29, 0.717) is 48.3 Å². The lowest BCUT2D eigenvalue weighted by molar-refractivity contribution is -0.139. The third-order valence-electron chi connectivity index (χ3n) is 6.84. The van der Waals surface area contributed by atoms with Gasteiger partial charge in [0.25, 0.3) is 0 Å². The number of ether oxygens (including phenoxy) is 2. The molecule has 0 bridgehead atoms. The third kappa shape index (κ3) is 5.77. The fraction of sp³-hybridized carbons (Fsp3) is 0.333. The van der Waals surface area contributed by atoms with Crippen LogP contribution in [0.25, 0.3) is 0 Å². The minimum Gasteiger partial charge on any atom is -0.464 e. The van der Waals surface area contributed by atoms with Crippen molar-refractivity contribution in [1.29, 1.82) is 0 Å². The molecule has 1 aromatic carbocycles. The van der Waals surface area contributed by atoms with Gasteiger partial charge < -0.3 is 19.7 Å². The van der Waals surface area contributed by atoms with Crippen LogP contribution in [0.5, 0.6) is 0 Å². The number of amidine groups is 1. The number of rotatable bonds is 7. The topological polar surface area (TPSA) is 119 Å². The van der Waals surface area contributed by atoms with Gasteiger partial charge >= 0.3 is 11.9 Å². The van der Waals surface area contributed by atoms with Gasteiger partial charge in [0.1, 0.15) is 18.2 Å². The molecule has 0 spiro atoms. The van der Waals surface area contributed by atoms with Crippen molar-refractivity contribution in [3.05, 3.63) is 80.3 Å². The van der Waals surface area contributed by atoms with Gasteiger partial charge in [0.2, 0.25) is 0 Å². The summed E-state index contributed by atoms with van der Waals surface area (Å²) in [4.78, 5) is 44.7. The molecule has 0 amide bonds. The highest BCUT2D eigenvalue weighted by molar-refractivity contribution is 7.11. The number of halogens is 3. The molecule has 1 saturated heterocycles. The number of aromatic nitrogens is 3. The molecule has 1 fully saturated rings. The number of hydrogen-bond donors (Lipinski definition) is 1. The number of methoxy groups -OCH3 is 1. The zero-order valence-corrected chi connectivity index (χ0v) is 23.6. The molecule has 0 aliphatic carbocycles. The lowest BCUT2D eigenvalue weighted by Crippen LogP contribution is -2.41. The highest BCUT2D eigenvalue weighted by atomic mass is 35.5. The number of allylic oxidation sites excluding steroid dienone is 1. The highest BCUT2D eigenvalue weighted by Gasteiger charge is 2.38. The molecule has 41 heavy (non-hydrogen) atoms. The van der Waals surface area contributed by atoms with Gasteiger partial charge in [-0.15, -0.1) is 11.3 Å². The van der Waals surface area contributed by atoms with E-state index < -0.39 is 34.6 Å². The van der Waals surface area contributed by atoms with E-state index in [1.54, 1.807) is 24.6 Å². The van der Waals surface area contributed by atoms with E-state index in [4.69, 9.17) is 26.1 Å². The number of esters is 2. The molecule has 14 heteroatoms. The summed E-state index contributed by atoms with van der Waals surface area (Å²) in [5.74, 6) is -2.72. The molecule has 10 nitrogen and oxygen atoms in total. The number of benzene rings is 1. The van der Waals surface area contributed by atoms with Crippen LogP contribution >= 0.6 is 22.9 Å². The first-order chi connectivity index (χ1) is 19.8. The third-order valence-corrected chi connectivity index (χ3v) is 8.00. The molecule has 1 atom stereocenters. The zero-order chi connectivity index (χ0) is 29.1. The second-order valence-electron chi connectivity index (χ2n) is 9.17. The lowest BCUT2D eigenvalue weighted by Gasteiger charge is -2.37. The largest absolute Gasteiger partial charge is 0.464 e. The van der Waals surface area contributed by atoms with Crippen LogP contribution in [-0.4, -0.2) is 59.5 Å². The van der Waals surface area contributed by atoms with Crippen molar-refractivity contribution in [1.82, 2.24) is 20.3 Å². The van der Waals surface area contributed by atoms with Crippen LogP contribution in [0.15, 0.2) is 52.4 Å². The standard InChI is InChI=1S/C27H25ClF2N6O4S/c1-3-40-27(38)19-22(14-6-9-36(10-7-14)18-12-17(26(37)39-2)32-13-33-18)34-24(25-31-8-11-41-25)35-23(19)15-4-5-16(29)21(30)20(15)28/h4-5,8,11-14,23H,3,6-7,9-10H2,1-2H3,(H,34,35). The predicted molar refractivity (Wildman–Crippen MR) is 148 cm³/mol. The van der Waals surface area contributed by atoms with Crippen LogP contribution in [-0.2, 0) is 14.3 Å². The maximum absolute atomic E-state index is 14.6. The average Bonchev–Trinajstić information content (AvgIpc) is 3.54. The number of piperidine rings is 1. The summed E-state index contributed by atoms with van der Waals surface area (Å²) >= 11 is 7.61.